The summed E-state index contributed by atoms with van der Waals surface area (Å²) in [6.07, 6.45) is -3.42. The number of hydrogen-bond acceptors (Lipinski definition) is 3. The Morgan fingerprint density at radius 1 is 1.07 bits per heavy atom. The van der Waals surface area contributed by atoms with Crippen LogP contribution in [0.5, 0.6) is 0 Å². The maximum absolute atomic E-state index is 12.7. The van der Waals surface area contributed by atoms with Gasteiger partial charge in [-0.3, -0.25) is 10.1 Å². The van der Waals surface area contributed by atoms with Crippen molar-refractivity contribution in [3.05, 3.63) is 70.1 Å². The van der Waals surface area contributed by atoms with Gasteiger partial charge in [-0.05, 0) is 49.1 Å². The van der Waals surface area contributed by atoms with E-state index < -0.39 is 17.6 Å². The number of nitrogens with zero attached hydrogens (tertiary/aromatic N) is 1. The van der Waals surface area contributed by atoms with E-state index in [0.29, 0.717) is 11.0 Å². The van der Waals surface area contributed by atoms with Crippen molar-refractivity contribution in [2.24, 2.45) is 5.92 Å². The van der Waals surface area contributed by atoms with Crippen LogP contribution in [-0.4, -0.2) is 10.9 Å². The third-order valence-corrected chi connectivity index (χ3v) is 5.25. The summed E-state index contributed by atoms with van der Waals surface area (Å²) in [7, 11) is 0. The number of anilines is 1. The van der Waals surface area contributed by atoms with Gasteiger partial charge in [-0.2, -0.15) is 13.2 Å². The number of carbonyl (C=O) groups is 1. The van der Waals surface area contributed by atoms with E-state index in [1.54, 1.807) is 0 Å². The van der Waals surface area contributed by atoms with Crippen molar-refractivity contribution in [2.75, 3.05) is 5.32 Å². The summed E-state index contributed by atoms with van der Waals surface area (Å²) < 4.78 is 38.0. The van der Waals surface area contributed by atoms with E-state index in [9.17, 15) is 18.0 Å². The molecule has 1 N–H and O–H groups in total. The van der Waals surface area contributed by atoms with E-state index in [0.717, 1.165) is 46.8 Å². The highest BCUT2D eigenvalue weighted by atomic mass is 32.1. The van der Waals surface area contributed by atoms with Crippen LogP contribution in [0.25, 0.3) is 11.3 Å². The molecule has 0 saturated carbocycles. The molecule has 3 rings (SSSR count). The Morgan fingerprint density at radius 2 is 1.69 bits per heavy atom. The van der Waals surface area contributed by atoms with E-state index in [4.69, 9.17) is 0 Å². The number of carbonyl (C=O) groups excluding carboxylic acids is 1. The van der Waals surface area contributed by atoms with Gasteiger partial charge in [-0.1, -0.05) is 38.1 Å². The molecular weight excluding hydrogens is 397 g/mol. The van der Waals surface area contributed by atoms with Crippen molar-refractivity contribution in [1.29, 1.82) is 0 Å². The summed E-state index contributed by atoms with van der Waals surface area (Å²) in [5, 5.41) is 3.08. The summed E-state index contributed by atoms with van der Waals surface area (Å²) in [5.74, 6) is 0.0835. The molecule has 3 nitrogen and oxygen atoms in total. The van der Waals surface area contributed by atoms with Crippen LogP contribution in [0.15, 0.2) is 48.5 Å². The normalized spacial score (nSPS) is 11.7. The Bertz CT molecular complexity index is 990. The van der Waals surface area contributed by atoms with E-state index in [1.807, 2.05) is 19.1 Å². The predicted molar refractivity (Wildman–Crippen MR) is 110 cm³/mol. The molecule has 2 aromatic carbocycles. The summed E-state index contributed by atoms with van der Waals surface area (Å²) in [5.41, 5.74) is 2.36. The first kappa shape index (κ1) is 21.0. The quantitative estimate of drug-likeness (QED) is 0.508. The first-order valence-electron chi connectivity index (χ1n) is 9.19. The highest BCUT2D eigenvalue weighted by Gasteiger charge is 2.30. The smallest absolute Gasteiger partial charge is 0.298 e. The van der Waals surface area contributed by atoms with Crippen molar-refractivity contribution in [3.63, 3.8) is 0 Å². The molecule has 0 aliphatic rings. The van der Waals surface area contributed by atoms with Crippen LogP contribution in [0.1, 0.15) is 40.2 Å². The average Bonchev–Trinajstić information content (AvgIpc) is 3.01. The Kier molecular flexibility index (Phi) is 6.07. The average molecular weight is 418 g/mol. The van der Waals surface area contributed by atoms with Crippen molar-refractivity contribution in [2.45, 2.75) is 33.4 Å². The minimum absolute atomic E-state index is 0.144. The molecule has 0 fully saturated rings. The molecule has 3 aromatic rings. The monoisotopic (exact) mass is 418 g/mol. The van der Waals surface area contributed by atoms with Crippen LogP contribution in [0.2, 0.25) is 0 Å². The van der Waals surface area contributed by atoms with Crippen molar-refractivity contribution >= 4 is 22.4 Å². The number of aryl methyl sites for hydroxylation is 1. The largest absolute Gasteiger partial charge is 0.416 e. The number of aromatic nitrogens is 1. The number of halogens is 3. The molecule has 1 heterocycles. The second-order valence-corrected chi connectivity index (χ2v) is 8.45. The van der Waals surface area contributed by atoms with Crippen LogP contribution in [0.3, 0.4) is 0 Å². The van der Waals surface area contributed by atoms with Gasteiger partial charge >= 0.3 is 6.18 Å². The molecule has 0 saturated heterocycles. The SMILES string of the molecule is Cc1sc(NC(=O)c2ccc(C(F)(F)F)cc2)nc1-c1ccc(CC(C)C)cc1. The van der Waals surface area contributed by atoms with Gasteiger partial charge in [-0.15, -0.1) is 11.3 Å². The Balaban J connectivity index is 1.74. The third-order valence-electron chi connectivity index (χ3n) is 4.36. The van der Waals surface area contributed by atoms with Gasteiger partial charge in [0.15, 0.2) is 5.13 Å². The molecule has 152 valence electrons. The van der Waals surface area contributed by atoms with Crippen LogP contribution >= 0.6 is 11.3 Å². The summed E-state index contributed by atoms with van der Waals surface area (Å²) >= 11 is 1.33. The van der Waals surface area contributed by atoms with Gasteiger partial charge in [0.1, 0.15) is 0 Å². The summed E-state index contributed by atoms with van der Waals surface area (Å²) in [4.78, 5) is 17.8. The van der Waals surface area contributed by atoms with E-state index >= 15 is 0 Å². The third kappa shape index (κ3) is 5.23. The second kappa shape index (κ2) is 8.37. The molecule has 29 heavy (non-hydrogen) atoms. The number of rotatable bonds is 5. The highest BCUT2D eigenvalue weighted by Crippen LogP contribution is 2.32. The standard InChI is InChI=1S/C22H21F3N2OS/c1-13(2)12-15-4-6-16(7-5-15)19-14(3)29-21(26-19)27-20(28)17-8-10-18(11-9-17)22(23,24)25/h4-11,13H,12H2,1-3H3,(H,26,27,28). The van der Waals surface area contributed by atoms with Crippen molar-refractivity contribution in [3.8, 4) is 11.3 Å². The minimum Gasteiger partial charge on any atom is -0.298 e. The molecule has 0 bridgehead atoms. The molecule has 1 aromatic heterocycles. The van der Waals surface area contributed by atoms with Gasteiger partial charge in [-0.25, -0.2) is 4.98 Å². The fraction of sp³-hybridized carbons (Fsp3) is 0.273. The molecule has 0 spiro atoms. The molecule has 0 atom stereocenters. The Morgan fingerprint density at radius 3 is 2.24 bits per heavy atom. The summed E-state index contributed by atoms with van der Waals surface area (Å²) in [6, 6.07) is 12.3. The highest BCUT2D eigenvalue weighted by molar-refractivity contribution is 7.16. The topological polar surface area (TPSA) is 42.0 Å². The predicted octanol–water partition coefficient (Wildman–Crippen LogP) is 6.59. The lowest BCUT2D eigenvalue weighted by Crippen LogP contribution is -2.12. The van der Waals surface area contributed by atoms with Crippen LogP contribution < -0.4 is 5.32 Å². The Hall–Kier alpha value is -2.67. The van der Waals surface area contributed by atoms with Gasteiger partial charge < -0.3 is 0 Å². The van der Waals surface area contributed by atoms with Crippen molar-refractivity contribution in [1.82, 2.24) is 4.98 Å². The molecule has 0 radical (unpaired) electrons. The zero-order valence-electron chi connectivity index (χ0n) is 16.3. The van der Waals surface area contributed by atoms with E-state index in [2.05, 4.69) is 36.3 Å². The first-order valence-corrected chi connectivity index (χ1v) is 10.0. The molecule has 0 aliphatic heterocycles. The molecular formula is C22H21F3N2OS. The number of benzene rings is 2. The molecule has 0 aliphatic carbocycles. The first-order chi connectivity index (χ1) is 13.6. The number of amides is 1. The van der Waals surface area contributed by atoms with Crippen LogP contribution in [0.4, 0.5) is 18.3 Å². The van der Waals surface area contributed by atoms with Crippen LogP contribution in [0, 0.1) is 12.8 Å². The fourth-order valence-electron chi connectivity index (χ4n) is 2.97. The lowest BCUT2D eigenvalue weighted by molar-refractivity contribution is -0.137. The van der Waals surface area contributed by atoms with Crippen LogP contribution in [-0.2, 0) is 12.6 Å². The maximum Gasteiger partial charge on any atom is 0.416 e. The van der Waals surface area contributed by atoms with E-state index in [-0.39, 0.29) is 5.56 Å². The van der Waals surface area contributed by atoms with Crippen molar-refractivity contribution < 1.29 is 18.0 Å². The molecule has 7 heteroatoms. The van der Waals surface area contributed by atoms with Gasteiger partial charge in [0.05, 0.1) is 11.3 Å². The molecule has 0 unspecified atom stereocenters. The lowest BCUT2D eigenvalue weighted by Gasteiger charge is -2.07. The fourth-order valence-corrected chi connectivity index (χ4v) is 3.80. The van der Waals surface area contributed by atoms with Gasteiger partial charge in [0, 0.05) is 16.0 Å². The number of alkyl halides is 3. The minimum atomic E-state index is -4.43. The number of nitrogens with one attached hydrogen (secondary N) is 1. The second-order valence-electron chi connectivity index (χ2n) is 7.25. The summed E-state index contributed by atoms with van der Waals surface area (Å²) in [6.45, 7) is 6.26. The Labute approximate surface area is 171 Å². The lowest BCUT2D eigenvalue weighted by atomic mass is 10.0. The zero-order chi connectivity index (χ0) is 21.2. The van der Waals surface area contributed by atoms with E-state index in [1.165, 1.54) is 16.9 Å². The number of thiazole rings is 1. The zero-order valence-corrected chi connectivity index (χ0v) is 17.1. The van der Waals surface area contributed by atoms with Gasteiger partial charge in [0.2, 0.25) is 0 Å². The maximum atomic E-state index is 12.7. The number of hydrogen-bond donors (Lipinski definition) is 1. The molecule has 1 amide bonds. The van der Waals surface area contributed by atoms with Gasteiger partial charge in [0.25, 0.3) is 5.91 Å².